The first-order valence-corrected chi connectivity index (χ1v) is 8.22. The van der Waals surface area contributed by atoms with Crippen LogP contribution in [0.3, 0.4) is 0 Å². The van der Waals surface area contributed by atoms with Crippen molar-refractivity contribution in [2.45, 2.75) is 26.0 Å². The maximum Gasteiger partial charge on any atom is 0.124 e. The monoisotopic (exact) mass is 306 g/mol. The van der Waals surface area contributed by atoms with Gasteiger partial charge in [0.25, 0.3) is 0 Å². The zero-order valence-electron chi connectivity index (χ0n) is 13.3. The van der Waals surface area contributed by atoms with E-state index in [2.05, 4.69) is 35.2 Å². The topological polar surface area (TPSA) is 36.3 Å². The third-order valence-corrected chi connectivity index (χ3v) is 4.29. The van der Waals surface area contributed by atoms with Gasteiger partial charge in [-0.05, 0) is 31.0 Å². The molecule has 3 heteroatoms. The smallest absolute Gasteiger partial charge is 0.124 e. The van der Waals surface area contributed by atoms with Crippen LogP contribution in [-0.2, 0) is 13.2 Å². The van der Waals surface area contributed by atoms with Crippen LogP contribution in [0.5, 0.6) is 5.75 Å². The number of likely N-dealkylation sites (tertiary alicyclic amines) is 1. The van der Waals surface area contributed by atoms with Crippen molar-refractivity contribution in [1.82, 2.24) is 4.90 Å². The highest BCUT2D eigenvalue weighted by molar-refractivity contribution is 5.33. The van der Waals surface area contributed by atoms with Gasteiger partial charge in [0, 0.05) is 18.7 Å². The van der Waals surface area contributed by atoms with Gasteiger partial charge in [0.1, 0.15) is 12.4 Å². The molecule has 1 aliphatic heterocycles. The third kappa shape index (κ3) is 4.34. The fourth-order valence-corrected chi connectivity index (χ4v) is 3.06. The molecule has 23 heavy (non-hydrogen) atoms. The largest absolute Gasteiger partial charge is 0.489 e. The molecule has 118 valence electrons. The minimum Gasteiger partial charge on any atom is -0.489 e. The van der Waals surface area contributed by atoms with E-state index in [-0.39, 0.29) is 5.92 Å². The van der Waals surface area contributed by atoms with Gasteiger partial charge < -0.3 is 4.74 Å². The van der Waals surface area contributed by atoms with E-state index in [0.29, 0.717) is 6.61 Å². The first-order valence-electron chi connectivity index (χ1n) is 8.22. The Hall–Kier alpha value is -2.31. The average molecular weight is 306 g/mol. The maximum absolute atomic E-state index is 9.14. The van der Waals surface area contributed by atoms with Crippen LogP contribution >= 0.6 is 0 Å². The number of piperidine rings is 1. The summed E-state index contributed by atoms with van der Waals surface area (Å²) in [6.07, 6.45) is 2.13. The second-order valence-electron chi connectivity index (χ2n) is 6.09. The quantitative estimate of drug-likeness (QED) is 0.837. The van der Waals surface area contributed by atoms with E-state index < -0.39 is 0 Å². The molecule has 1 fully saturated rings. The standard InChI is InChI=1S/C20H22N2O/c21-13-18-9-6-12-22(14-18)15-19-10-4-5-11-20(19)23-16-17-7-2-1-3-8-17/h1-5,7-8,10-11,18H,6,9,12,14-16H2/t18-/m0/s1. The van der Waals surface area contributed by atoms with E-state index >= 15 is 0 Å². The Labute approximate surface area is 138 Å². The molecule has 0 unspecified atom stereocenters. The summed E-state index contributed by atoms with van der Waals surface area (Å²) >= 11 is 0. The van der Waals surface area contributed by atoms with Crippen molar-refractivity contribution in [1.29, 1.82) is 5.26 Å². The van der Waals surface area contributed by atoms with Crippen molar-refractivity contribution >= 4 is 0 Å². The van der Waals surface area contributed by atoms with Gasteiger partial charge in [0.2, 0.25) is 0 Å². The van der Waals surface area contributed by atoms with E-state index in [4.69, 9.17) is 10.00 Å². The number of para-hydroxylation sites is 1. The van der Waals surface area contributed by atoms with Gasteiger partial charge >= 0.3 is 0 Å². The molecular formula is C20H22N2O. The summed E-state index contributed by atoms with van der Waals surface area (Å²) in [6.45, 7) is 3.36. The van der Waals surface area contributed by atoms with Gasteiger partial charge in [-0.3, -0.25) is 4.90 Å². The molecule has 1 atom stereocenters. The molecule has 2 aromatic carbocycles. The molecule has 1 aliphatic rings. The number of rotatable bonds is 5. The van der Waals surface area contributed by atoms with Crippen molar-refractivity contribution in [3.05, 3.63) is 65.7 Å². The number of hydrogen-bond donors (Lipinski definition) is 0. The molecule has 0 spiro atoms. The molecular weight excluding hydrogens is 284 g/mol. The van der Waals surface area contributed by atoms with Crippen LogP contribution in [0, 0.1) is 17.2 Å². The predicted octanol–water partition coefficient (Wildman–Crippen LogP) is 4.00. The van der Waals surface area contributed by atoms with Gasteiger partial charge in [-0.15, -0.1) is 0 Å². The highest BCUT2D eigenvalue weighted by Gasteiger charge is 2.20. The van der Waals surface area contributed by atoms with Crippen molar-refractivity contribution in [2.24, 2.45) is 5.92 Å². The molecule has 2 aromatic rings. The molecule has 0 aromatic heterocycles. The van der Waals surface area contributed by atoms with E-state index in [1.807, 2.05) is 30.3 Å². The first-order chi connectivity index (χ1) is 11.3. The minimum absolute atomic E-state index is 0.168. The number of nitriles is 1. The van der Waals surface area contributed by atoms with Gasteiger partial charge in [0.15, 0.2) is 0 Å². The van der Waals surface area contributed by atoms with Crippen LogP contribution in [-0.4, -0.2) is 18.0 Å². The summed E-state index contributed by atoms with van der Waals surface area (Å²) in [5.41, 5.74) is 2.37. The van der Waals surface area contributed by atoms with Crippen LogP contribution in [0.2, 0.25) is 0 Å². The van der Waals surface area contributed by atoms with Crippen LogP contribution < -0.4 is 4.74 Å². The zero-order valence-corrected chi connectivity index (χ0v) is 13.3. The molecule has 0 radical (unpaired) electrons. The van der Waals surface area contributed by atoms with E-state index in [0.717, 1.165) is 38.2 Å². The fraction of sp³-hybridized carbons (Fsp3) is 0.350. The highest BCUT2D eigenvalue weighted by atomic mass is 16.5. The average Bonchev–Trinajstić information content (AvgIpc) is 2.62. The van der Waals surface area contributed by atoms with E-state index in [1.54, 1.807) is 0 Å². The van der Waals surface area contributed by atoms with Crippen molar-refractivity contribution in [3.8, 4) is 11.8 Å². The summed E-state index contributed by atoms with van der Waals surface area (Å²) < 4.78 is 6.03. The third-order valence-electron chi connectivity index (χ3n) is 4.29. The molecule has 0 saturated carbocycles. The lowest BCUT2D eigenvalue weighted by molar-refractivity contribution is 0.188. The van der Waals surface area contributed by atoms with E-state index in [1.165, 1.54) is 11.1 Å². The molecule has 3 nitrogen and oxygen atoms in total. The summed E-state index contributed by atoms with van der Waals surface area (Å²) in [5, 5.41) is 9.14. The Morgan fingerprint density at radius 2 is 1.87 bits per heavy atom. The minimum atomic E-state index is 0.168. The van der Waals surface area contributed by atoms with Gasteiger partial charge in [-0.2, -0.15) is 5.26 Å². The Morgan fingerprint density at radius 1 is 1.09 bits per heavy atom. The van der Waals surface area contributed by atoms with Crippen LogP contribution in [0.25, 0.3) is 0 Å². The summed E-state index contributed by atoms with van der Waals surface area (Å²) in [5.74, 6) is 1.11. The predicted molar refractivity (Wildman–Crippen MR) is 90.8 cm³/mol. The molecule has 1 heterocycles. The molecule has 0 amide bonds. The Bertz CT molecular complexity index is 663. The second kappa shape index (κ2) is 7.80. The second-order valence-corrected chi connectivity index (χ2v) is 6.09. The molecule has 0 N–H and O–H groups in total. The Morgan fingerprint density at radius 3 is 2.70 bits per heavy atom. The number of hydrogen-bond acceptors (Lipinski definition) is 3. The zero-order chi connectivity index (χ0) is 15.9. The molecule has 0 aliphatic carbocycles. The fourth-order valence-electron chi connectivity index (χ4n) is 3.06. The number of nitrogens with zero attached hydrogens (tertiary/aromatic N) is 2. The highest BCUT2D eigenvalue weighted by Crippen LogP contribution is 2.24. The molecule has 0 bridgehead atoms. The number of benzene rings is 2. The molecule has 3 rings (SSSR count). The summed E-state index contributed by atoms with van der Waals surface area (Å²) in [4.78, 5) is 2.36. The van der Waals surface area contributed by atoms with Crippen molar-refractivity contribution in [2.75, 3.05) is 13.1 Å². The van der Waals surface area contributed by atoms with Crippen LogP contribution in [0.15, 0.2) is 54.6 Å². The lowest BCUT2D eigenvalue weighted by Crippen LogP contribution is -2.34. The van der Waals surface area contributed by atoms with Gasteiger partial charge in [-0.1, -0.05) is 48.5 Å². The van der Waals surface area contributed by atoms with Gasteiger partial charge in [0.05, 0.1) is 12.0 Å². The lowest BCUT2D eigenvalue weighted by Gasteiger charge is -2.30. The first kappa shape index (κ1) is 15.6. The van der Waals surface area contributed by atoms with Crippen molar-refractivity contribution < 1.29 is 4.74 Å². The SMILES string of the molecule is N#C[C@@H]1CCCN(Cc2ccccc2OCc2ccccc2)C1. The summed E-state index contributed by atoms with van der Waals surface area (Å²) in [7, 11) is 0. The Kier molecular flexibility index (Phi) is 5.29. The van der Waals surface area contributed by atoms with E-state index in [9.17, 15) is 0 Å². The van der Waals surface area contributed by atoms with Crippen molar-refractivity contribution in [3.63, 3.8) is 0 Å². The molecule has 1 saturated heterocycles. The summed E-state index contributed by atoms with van der Waals surface area (Å²) in [6, 6.07) is 20.8. The normalized spacial score (nSPS) is 18.3. The van der Waals surface area contributed by atoms with Crippen LogP contribution in [0.4, 0.5) is 0 Å². The van der Waals surface area contributed by atoms with Crippen LogP contribution in [0.1, 0.15) is 24.0 Å². The van der Waals surface area contributed by atoms with Gasteiger partial charge in [-0.25, -0.2) is 0 Å². The lowest BCUT2D eigenvalue weighted by atomic mass is 9.99. The maximum atomic E-state index is 9.14. The number of ether oxygens (including phenoxy) is 1. The Balaban J connectivity index is 1.65.